The smallest absolute Gasteiger partial charge is 0.366 e. The molecular weight excluding hydrogens is 406 g/mol. The molecule has 1 saturated heterocycles. The zero-order valence-corrected chi connectivity index (χ0v) is 15.8. The van der Waals surface area contributed by atoms with E-state index in [0.29, 0.717) is 32.0 Å². The largest absolute Gasteiger partial charge is 0.416 e. The van der Waals surface area contributed by atoms with Gasteiger partial charge in [-0.1, -0.05) is 12.1 Å². The van der Waals surface area contributed by atoms with Crippen molar-refractivity contribution >= 4 is 17.3 Å². The number of rotatable bonds is 5. The number of carbonyl (C=O) groups is 1. The van der Waals surface area contributed by atoms with Gasteiger partial charge in [-0.2, -0.15) is 13.2 Å². The fraction of sp³-hybridized carbons (Fsp3) is 0.350. The minimum absolute atomic E-state index is 0.109. The molecule has 160 valence electrons. The van der Waals surface area contributed by atoms with Crippen LogP contribution in [0.4, 0.5) is 28.9 Å². The Hall–Kier alpha value is -3.17. The Labute approximate surface area is 169 Å². The predicted molar refractivity (Wildman–Crippen MR) is 101 cm³/mol. The summed E-state index contributed by atoms with van der Waals surface area (Å²) in [6.07, 6.45) is -3.85. The van der Waals surface area contributed by atoms with Crippen molar-refractivity contribution in [3.8, 4) is 0 Å². The van der Waals surface area contributed by atoms with Gasteiger partial charge in [0.25, 0.3) is 5.69 Å². The third-order valence-electron chi connectivity index (χ3n) is 5.09. The van der Waals surface area contributed by atoms with Gasteiger partial charge >= 0.3 is 6.18 Å². The fourth-order valence-electron chi connectivity index (χ4n) is 3.43. The summed E-state index contributed by atoms with van der Waals surface area (Å²) in [5.41, 5.74) is -0.822. The van der Waals surface area contributed by atoms with E-state index in [-0.39, 0.29) is 29.9 Å². The lowest BCUT2D eigenvalue weighted by molar-refractivity contribution is -0.384. The Morgan fingerprint density at radius 2 is 1.77 bits per heavy atom. The highest BCUT2D eigenvalue weighted by molar-refractivity contribution is 5.79. The Balaban J connectivity index is 1.61. The number of nitro benzene ring substituents is 1. The number of alkyl halides is 3. The SMILES string of the molecule is O=C(NCc1ccc(F)cc1)C1CCN(c2ccc(C(F)(F)F)cc2[N+](=O)[O-])CC1. The number of carbonyl (C=O) groups excluding carboxylic acids is 1. The third kappa shape index (κ3) is 5.05. The van der Waals surface area contributed by atoms with Crippen molar-refractivity contribution < 1.29 is 27.3 Å². The lowest BCUT2D eigenvalue weighted by atomic mass is 9.95. The first-order chi connectivity index (χ1) is 14.1. The molecule has 0 saturated carbocycles. The summed E-state index contributed by atoms with van der Waals surface area (Å²) in [6, 6.07) is 8.22. The van der Waals surface area contributed by atoms with Gasteiger partial charge in [0.05, 0.1) is 10.5 Å². The predicted octanol–water partition coefficient (Wildman–Crippen LogP) is 4.29. The van der Waals surface area contributed by atoms with Gasteiger partial charge < -0.3 is 10.2 Å². The molecule has 1 aliphatic rings. The van der Waals surface area contributed by atoms with E-state index in [2.05, 4.69) is 5.32 Å². The summed E-state index contributed by atoms with van der Waals surface area (Å²) in [7, 11) is 0. The Kier molecular flexibility index (Phi) is 6.23. The molecular formula is C20H19F4N3O3. The highest BCUT2D eigenvalue weighted by Gasteiger charge is 2.34. The molecule has 10 heteroatoms. The van der Waals surface area contributed by atoms with Crippen LogP contribution < -0.4 is 10.2 Å². The van der Waals surface area contributed by atoms with Gasteiger partial charge in [0.1, 0.15) is 11.5 Å². The summed E-state index contributed by atoms with van der Waals surface area (Å²) in [4.78, 5) is 24.5. The molecule has 0 aliphatic carbocycles. The van der Waals surface area contributed by atoms with Crippen LogP contribution in [0.5, 0.6) is 0 Å². The Bertz CT molecular complexity index is 924. The summed E-state index contributed by atoms with van der Waals surface area (Å²) in [5, 5.41) is 14.1. The van der Waals surface area contributed by atoms with E-state index in [1.165, 1.54) is 12.1 Å². The molecule has 1 amide bonds. The molecule has 6 nitrogen and oxygen atoms in total. The average molecular weight is 425 g/mol. The van der Waals surface area contributed by atoms with Crippen LogP contribution in [0.15, 0.2) is 42.5 Å². The monoisotopic (exact) mass is 425 g/mol. The molecule has 0 atom stereocenters. The highest BCUT2D eigenvalue weighted by atomic mass is 19.4. The van der Waals surface area contributed by atoms with Crippen molar-refractivity contribution in [1.82, 2.24) is 5.32 Å². The quantitative estimate of drug-likeness (QED) is 0.441. The number of hydrogen-bond donors (Lipinski definition) is 1. The molecule has 0 aromatic heterocycles. The third-order valence-corrected chi connectivity index (χ3v) is 5.09. The molecule has 1 N–H and O–H groups in total. The van der Waals surface area contributed by atoms with Crippen molar-refractivity contribution in [3.05, 3.63) is 69.5 Å². The van der Waals surface area contributed by atoms with Crippen LogP contribution in [-0.4, -0.2) is 23.9 Å². The number of piperidine rings is 1. The number of hydrogen-bond acceptors (Lipinski definition) is 4. The van der Waals surface area contributed by atoms with E-state index < -0.39 is 22.4 Å². The standard InChI is InChI=1S/C20H19F4N3O3/c21-16-4-1-13(2-5-16)12-25-19(28)14-7-9-26(10-8-14)17-6-3-15(20(22,23)24)11-18(17)27(29)30/h1-6,11,14H,7-10,12H2,(H,25,28). The van der Waals surface area contributed by atoms with Crippen LogP contribution in [0.2, 0.25) is 0 Å². The van der Waals surface area contributed by atoms with E-state index in [1.54, 1.807) is 17.0 Å². The number of nitro groups is 1. The van der Waals surface area contributed by atoms with Crippen molar-refractivity contribution in [3.63, 3.8) is 0 Å². The first-order valence-electron chi connectivity index (χ1n) is 9.28. The topological polar surface area (TPSA) is 75.5 Å². The van der Waals surface area contributed by atoms with Crippen LogP contribution in [-0.2, 0) is 17.5 Å². The second-order valence-corrected chi connectivity index (χ2v) is 7.06. The molecule has 0 bridgehead atoms. The molecule has 0 radical (unpaired) electrons. The first-order valence-corrected chi connectivity index (χ1v) is 9.28. The molecule has 30 heavy (non-hydrogen) atoms. The Morgan fingerprint density at radius 3 is 2.33 bits per heavy atom. The summed E-state index contributed by atoms with van der Waals surface area (Å²) in [6.45, 7) is 0.866. The molecule has 0 spiro atoms. The second kappa shape index (κ2) is 8.68. The van der Waals surface area contributed by atoms with Gasteiger partial charge in [-0.25, -0.2) is 4.39 Å². The van der Waals surface area contributed by atoms with Crippen molar-refractivity contribution in [2.75, 3.05) is 18.0 Å². The van der Waals surface area contributed by atoms with Crippen LogP contribution in [0, 0.1) is 21.8 Å². The van der Waals surface area contributed by atoms with E-state index in [9.17, 15) is 32.5 Å². The minimum Gasteiger partial charge on any atom is -0.366 e. The molecule has 2 aromatic rings. The number of benzene rings is 2. The van der Waals surface area contributed by atoms with E-state index in [0.717, 1.165) is 17.7 Å². The fourth-order valence-corrected chi connectivity index (χ4v) is 3.43. The van der Waals surface area contributed by atoms with Gasteiger partial charge in [-0.05, 0) is 42.7 Å². The van der Waals surface area contributed by atoms with Gasteiger partial charge in [-0.15, -0.1) is 0 Å². The first kappa shape index (κ1) is 21.5. The number of halogens is 4. The summed E-state index contributed by atoms with van der Waals surface area (Å²) < 4.78 is 51.5. The maximum Gasteiger partial charge on any atom is 0.416 e. The van der Waals surface area contributed by atoms with E-state index >= 15 is 0 Å². The normalized spacial score (nSPS) is 15.1. The van der Waals surface area contributed by atoms with Crippen LogP contribution >= 0.6 is 0 Å². The van der Waals surface area contributed by atoms with E-state index in [1.807, 2.05) is 0 Å². The highest BCUT2D eigenvalue weighted by Crippen LogP contribution is 2.37. The Morgan fingerprint density at radius 1 is 1.13 bits per heavy atom. The molecule has 1 fully saturated rings. The lowest BCUT2D eigenvalue weighted by Gasteiger charge is -2.32. The number of nitrogens with one attached hydrogen (secondary N) is 1. The van der Waals surface area contributed by atoms with Crippen molar-refractivity contribution in [2.45, 2.75) is 25.6 Å². The van der Waals surface area contributed by atoms with Gasteiger partial charge in [0.15, 0.2) is 0 Å². The summed E-state index contributed by atoms with van der Waals surface area (Å²) >= 11 is 0. The summed E-state index contributed by atoms with van der Waals surface area (Å²) in [5.74, 6) is -0.856. The maximum absolute atomic E-state index is 12.9. The van der Waals surface area contributed by atoms with Crippen LogP contribution in [0.25, 0.3) is 0 Å². The van der Waals surface area contributed by atoms with Crippen LogP contribution in [0.3, 0.4) is 0 Å². The zero-order chi connectivity index (χ0) is 21.9. The molecule has 1 aliphatic heterocycles. The minimum atomic E-state index is -4.67. The van der Waals surface area contributed by atoms with Gasteiger partial charge in [0, 0.05) is 31.6 Å². The van der Waals surface area contributed by atoms with Crippen molar-refractivity contribution in [2.24, 2.45) is 5.92 Å². The lowest BCUT2D eigenvalue weighted by Crippen LogP contribution is -2.40. The zero-order valence-electron chi connectivity index (χ0n) is 15.8. The molecule has 1 heterocycles. The second-order valence-electron chi connectivity index (χ2n) is 7.06. The molecule has 2 aromatic carbocycles. The van der Waals surface area contributed by atoms with Gasteiger partial charge in [0.2, 0.25) is 5.91 Å². The van der Waals surface area contributed by atoms with Crippen molar-refractivity contribution in [1.29, 1.82) is 0 Å². The van der Waals surface area contributed by atoms with Gasteiger partial charge in [-0.3, -0.25) is 14.9 Å². The van der Waals surface area contributed by atoms with E-state index in [4.69, 9.17) is 0 Å². The molecule has 0 unspecified atom stereocenters. The molecule has 3 rings (SSSR count). The number of nitrogens with zero attached hydrogens (tertiary/aromatic N) is 2. The van der Waals surface area contributed by atoms with Crippen LogP contribution in [0.1, 0.15) is 24.0 Å². The number of amides is 1. The maximum atomic E-state index is 12.9. The number of anilines is 1. The average Bonchev–Trinajstić information content (AvgIpc) is 2.72.